The highest BCUT2D eigenvalue weighted by atomic mass is 79.9. The minimum atomic E-state index is 0.234. The van der Waals surface area contributed by atoms with E-state index in [1.807, 2.05) is 0 Å². The summed E-state index contributed by atoms with van der Waals surface area (Å²) in [4.78, 5) is 2.31. The molecule has 21 heavy (non-hydrogen) atoms. The second kappa shape index (κ2) is 7.21. The van der Waals surface area contributed by atoms with Crippen LogP contribution in [0.15, 0.2) is 46.9 Å². The van der Waals surface area contributed by atoms with E-state index in [1.165, 1.54) is 22.3 Å². The van der Waals surface area contributed by atoms with Gasteiger partial charge in [0.15, 0.2) is 0 Å². The van der Waals surface area contributed by atoms with E-state index in [-0.39, 0.29) is 6.04 Å². The van der Waals surface area contributed by atoms with Crippen LogP contribution in [0, 0.1) is 13.8 Å². The Balaban J connectivity index is 2.15. The third-order valence-electron chi connectivity index (χ3n) is 3.87. The summed E-state index contributed by atoms with van der Waals surface area (Å²) >= 11 is 3.55. The molecule has 1 unspecified atom stereocenters. The Morgan fingerprint density at radius 3 is 2.33 bits per heavy atom. The Morgan fingerprint density at radius 2 is 1.76 bits per heavy atom. The van der Waals surface area contributed by atoms with Gasteiger partial charge in [-0.25, -0.2) is 0 Å². The second-order valence-corrected chi connectivity index (χ2v) is 6.52. The van der Waals surface area contributed by atoms with Gasteiger partial charge in [-0.2, -0.15) is 0 Å². The molecule has 0 heterocycles. The maximum atomic E-state index is 6.02. The molecule has 0 saturated heterocycles. The van der Waals surface area contributed by atoms with Crippen LogP contribution in [0.1, 0.15) is 28.3 Å². The topological polar surface area (TPSA) is 29.3 Å². The SMILES string of the molecule is Cc1ccc(CN(C)C(CN)c2ccc(Br)c(C)c2)cc1. The fourth-order valence-electron chi connectivity index (χ4n) is 2.54. The Hall–Kier alpha value is -1.16. The lowest BCUT2D eigenvalue weighted by Gasteiger charge is -2.28. The zero-order chi connectivity index (χ0) is 15.4. The van der Waals surface area contributed by atoms with Crippen LogP contribution in [0.3, 0.4) is 0 Å². The Morgan fingerprint density at radius 1 is 1.10 bits per heavy atom. The van der Waals surface area contributed by atoms with Gasteiger partial charge >= 0.3 is 0 Å². The van der Waals surface area contributed by atoms with Crippen molar-refractivity contribution >= 4 is 15.9 Å². The minimum Gasteiger partial charge on any atom is -0.329 e. The van der Waals surface area contributed by atoms with Gasteiger partial charge in [0.05, 0.1) is 0 Å². The van der Waals surface area contributed by atoms with Crippen LogP contribution in [-0.4, -0.2) is 18.5 Å². The van der Waals surface area contributed by atoms with Gasteiger partial charge in [-0.05, 0) is 43.7 Å². The van der Waals surface area contributed by atoms with Crippen molar-refractivity contribution in [2.24, 2.45) is 5.73 Å². The summed E-state index contributed by atoms with van der Waals surface area (Å²) in [6.07, 6.45) is 0. The maximum Gasteiger partial charge on any atom is 0.0471 e. The molecule has 0 aliphatic heterocycles. The van der Waals surface area contributed by atoms with Gasteiger partial charge < -0.3 is 5.73 Å². The van der Waals surface area contributed by atoms with Crippen LogP contribution >= 0.6 is 15.9 Å². The van der Waals surface area contributed by atoms with Crippen molar-refractivity contribution < 1.29 is 0 Å². The number of hydrogen-bond donors (Lipinski definition) is 1. The summed E-state index contributed by atoms with van der Waals surface area (Å²) < 4.78 is 1.14. The largest absolute Gasteiger partial charge is 0.329 e. The van der Waals surface area contributed by atoms with Crippen molar-refractivity contribution in [1.29, 1.82) is 0 Å². The molecule has 0 fully saturated rings. The molecule has 0 saturated carbocycles. The summed E-state index contributed by atoms with van der Waals surface area (Å²) in [6.45, 7) is 5.74. The molecule has 0 aliphatic carbocycles. The van der Waals surface area contributed by atoms with Gasteiger partial charge in [0.2, 0.25) is 0 Å². The first-order chi connectivity index (χ1) is 10.0. The van der Waals surface area contributed by atoms with Gasteiger partial charge in [-0.1, -0.05) is 57.9 Å². The molecule has 2 nitrogen and oxygen atoms in total. The number of halogens is 1. The normalized spacial score (nSPS) is 12.7. The van der Waals surface area contributed by atoms with Crippen LogP contribution < -0.4 is 5.73 Å². The maximum absolute atomic E-state index is 6.02. The highest BCUT2D eigenvalue weighted by molar-refractivity contribution is 9.10. The summed E-state index contributed by atoms with van der Waals surface area (Å²) in [5, 5.41) is 0. The zero-order valence-corrected chi connectivity index (χ0v) is 14.5. The molecule has 0 radical (unpaired) electrons. The predicted molar refractivity (Wildman–Crippen MR) is 93.3 cm³/mol. The van der Waals surface area contributed by atoms with E-state index in [9.17, 15) is 0 Å². The van der Waals surface area contributed by atoms with Crippen molar-refractivity contribution in [3.8, 4) is 0 Å². The number of nitrogens with two attached hydrogens (primary N) is 1. The smallest absolute Gasteiger partial charge is 0.0471 e. The Bertz CT molecular complexity index is 593. The Kier molecular flexibility index (Phi) is 5.57. The van der Waals surface area contributed by atoms with E-state index in [2.05, 4.69) is 84.2 Å². The first kappa shape index (κ1) is 16.2. The van der Waals surface area contributed by atoms with E-state index in [0.717, 1.165) is 11.0 Å². The third-order valence-corrected chi connectivity index (χ3v) is 4.76. The molecule has 0 spiro atoms. The fraction of sp³-hybridized carbons (Fsp3) is 0.333. The highest BCUT2D eigenvalue weighted by Gasteiger charge is 2.16. The van der Waals surface area contributed by atoms with E-state index in [4.69, 9.17) is 5.73 Å². The summed E-state index contributed by atoms with van der Waals surface area (Å²) in [6, 6.07) is 15.4. The van der Waals surface area contributed by atoms with Crippen LogP contribution in [0.4, 0.5) is 0 Å². The van der Waals surface area contributed by atoms with Crippen molar-refractivity contribution in [3.63, 3.8) is 0 Å². The second-order valence-electron chi connectivity index (χ2n) is 5.66. The monoisotopic (exact) mass is 346 g/mol. The molecule has 2 aromatic rings. The lowest BCUT2D eigenvalue weighted by atomic mass is 10.0. The Labute approximate surface area is 136 Å². The number of benzene rings is 2. The quantitative estimate of drug-likeness (QED) is 0.878. The van der Waals surface area contributed by atoms with Crippen molar-refractivity contribution in [3.05, 3.63) is 69.2 Å². The van der Waals surface area contributed by atoms with Gasteiger partial charge in [0.1, 0.15) is 0 Å². The molecule has 3 heteroatoms. The number of nitrogens with zero attached hydrogens (tertiary/aromatic N) is 1. The zero-order valence-electron chi connectivity index (χ0n) is 12.9. The van der Waals surface area contributed by atoms with Crippen LogP contribution in [0.2, 0.25) is 0 Å². The summed E-state index contributed by atoms with van der Waals surface area (Å²) in [5.41, 5.74) is 11.1. The number of rotatable bonds is 5. The molecule has 1 atom stereocenters. The van der Waals surface area contributed by atoms with Gasteiger partial charge in [-0.3, -0.25) is 4.90 Å². The average molecular weight is 347 g/mol. The predicted octanol–water partition coefficient (Wildman–Crippen LogP) is 4.20. The number of aryl methyl sites for hydroxylation is 2. The van der Waals surface area contributed by atoms with E-state index >= 15 is 0 Å². The standard InChI is InChI=1S/C18H23BrN2/c1-13-4-6-15(7-5-13)12-21(3)18(11-20)16-8-9-17(19)14(2)10-16/h4-10,18H,11-12,20H2,1-3H3. The van der Waals surface area contributed by atoms with Gasteiger partial charge in [-0.15, -0.1) is 0 Å². The van der Waals surface area contributed by atoms with E-state index in [0.29, 0.717) is 6.54 Å². The molecule has 2 N–H and O–H groups in total. The molecule has 0 amide bonds. The average Bonchev–Trinajstić information content (AvgIpc) is 2.46. The number of likely N-dealkylation sites (N-methyl/N-ethyl adjacent to an activating group) is 1. The third kappa shape index (κ3) is 4.16. The van der Waals surface area contributed by atoms with Crippen LogP contribution in [-0.2, 0) is 6.54 Å². The molecule has 0 aliphatic rings. The van der Waals surface area contributed by atoms with Crippen molar-refractivity contribution in [2.75, 3.05) is 13.6 Å². The first-order valence-corrected chi connectivity index (χ1v) is 8.02. The molecule has 2 rings (SSSR count). The molecule has 0 bridgehead atoms. The number of hydrogen-bond acceptors (Lipinski definition) is 2. The summed E-state index contributed by atoms with van der Waals surface area (Å²) in [7, 11) is 2.13. The van der Waals surface area contributed by atoms with E-state index < -0.39 is 0 Å². The van der Waals surface area contributed by atoms with Crippen LogP contribution in [0.5, 0.6) is 0 Å². The van der Waals surface area contributed by atoms with E-state index in [1.54, 1.807) is 0 Å². The fourth-order valence-corrected chi connectivity index (χ4v) is 2.78. The molecular weight excluding hydrogens is 324 g/mol. The highest BCUT2D eigenvalue weighted by Crippen LogP contribution is 2.25. The lowest BCUT2D eigenvalue weighted by molar-refractivity contribution is 0.241. The summed E-state index contributed by atoms with van der Waals surface area (Å²) in [5.74, 6) is 0. The van der Waals surface area contributed by atoms with Crippen LogP contribution in [0.25, 0.3) is 0 Å². The van der Waals surface area contributed by atoms with Gasteiger partial charge in [0, 0.05) is 23.6 Å². The van der Waals surface area contributed by atoms with Crippen molar-refractivity contribution in [2.45, 2.75) is 26.4 Å². The molecule has 0 aromatic heterocycles. The first-order valence-electron chi connectivity index (χ1n) is 7.23. The minimum absolute atomic E-state index is 0.234. The lowest BCUT2D eigenvalue weighted by Crippen LogP contribution is -2.30. The van der Waals surface area contributed by atoms with Crippen molar-refractivity contribution in [1.82, 2.24) is 4.90 Å². The van der Waals surface area contributed by atoms with Gasteiger partial charge in [0.25, 0.3) is 0 Å². The molecule has 2 aromatic carbocycles. The molecule has 112 valence electrons. The molecular formula is C18H23BrN2.